The van der Waals surface area contributed by atoms with Gasteiger partial charge in [-0.1, -0.05) is 13.0 Å². The van der Waals surface area contributed by atoms with Crippen LogP contribution < -0.4 is 4.74 Å². The van der Waals surface area contributed by atoms with Gasteiger partial charge in [0.05, 0.1) is 23.3 Å². The quantitative estimate of drug-likeness (QED) is 0.862. The molecule has 0 aromatic heterocycles. The normalized spacial score (nSPS) is 20.5. The third kappa shape index (κ3) is 4.20. The second kappa shape index (κ2) is 7.27. The maximum Gasteiger partial charge on any atom is 0.133 e. The molecule has 2 rings (SSSR count). The van der Waals surface area contributed by atoms with Gasteiger partial charge >= 0.3 is 0 Å². The van der Waals surface area contributed by atoms with E-state index >= 15 is 0 Å². The van der Waals surface area contributed by atoms with Crippen molar-refractivity contribution < 1.29 is 14.6 Å². The highest BCUT2D eigenvalue weighted by Crippen LogP contribution is 2.31. The van der Waals surface area contributed by atoms with Crippen LogP contribution in [0.1, 0.15) is 44.3 Å². The molecule has 4 heteroatoms. The molecule has 1 N–H and O–H groups in total. The van der Waals surface area contributed by atoms with Crippen LogP contribution in [0.4, 0.5) is 0 Å². The molecule has 2 unspecified atom stereocenters. The van der Waals surface area contributed by atoms with Crippen molar-refractivity contribution in [2.45, 2.75) is 44.8 Å². The lowest BCUT2D eigenvalue weighted by molar-refractivity contribution is 0.0534. The molecule has 0 aliphatic carbocycles. The maximum absolute atomic E-state index is 10.2. The topological polar surface area (TPSA) is 38.7 Å². The summed E-state index contributed by atoms with van der Waals surface area (Å²) >= 11 is 3.49. The number of hydrogen-bond donors (Lipinski definition) is 1. The molecule has 19 heavy (non-hydrogen) atoms. The van der Waals surface area contributed by atoms with Crippen molar-refractivity contribution >= 4 is 15.9 Å². The first-order chi connectivity index (χ1) is 9.20. The van der Waals surface area contributed by atoms with Crippen LogP contribution in [0.3, 0.4) is 0 Å². The molecule has 1 saturated heterocycles. The molecule has 1 aliphatic heterocycles. The minimum atomic E-state index is -0.473. The van der Waals surface area contributed by atoms with Gasteiger partial charge in [0, 0.05) is 13.0 Å². The third-order valence-corrected chi connectivity index (χ3v) is 3.93. The van der Waals surface area contributed by atoms with Gasteiger partial charge in [-0.2, -0.15) is 0 Å². The van der Waals surface area contributed by atoms with Crippen LogP contribution in [0.5, 0.6) is 5.75 Å². The number of ether oxygens (including phenoxy) is 2. The van der Waals surface area contributed by atoms with Gasteiger partial charge in [-0.3, -0.25) is 0 Å². The average molecular weight is 329 g/mol. The summed E-state index contributed by atoms with van der Waals surface area (Å²) in [6, 6.07) is 5.77. The fourth-order valence-electron chi connectivity index (χ4n) is 2.27. The minimum Gasteiger partial charge on any atom is -0.492 e. The first-order valence-corrected chi connectivity index (χ1v) is 7.72. The van der Waals surface area contributed by atoms with Gasteiger partial charge in [0.15, 0.2) is 0 Å². The molecular weight excluding hydrogens is 308 g/mol. The lowest BCUT2D eigenvalue weighted by Crippen LogP contribution is -2.11. The number of benzene rings is 1. The molecule has 2 atom stereocenters. The summed E-state index contributed by atoms with van der Waals surface area (Å²) in [5, 5.41) is 10.2. The van der Waals surface area contributed by atoms with Gasteiger partial charge in [-0.05, 0) is 52.9 Å². The lowest BCUT2D eigenvalue weighted by atomic mass is 10.0. The number of aliphatic hydroxyl groups is 1. The van der Waals surface area contributed by atoms with Crippen molar-refractivity contribution in [2.24, 2.45) is 0 Å². The molecule has 1 aromatic rings. The number of halogens is 1. The third-order valence-electron chi connectivity index (χ3n) is 3.31. The van der Waals surface area contributed by atoms with E-state index in [1.54, 1.807) is 0 Å². The number of aliphatic hydroxyl groups excluding tert-OH is 1. The van der Waals surface area contributed by atoms with E-state index in [4.69, 9.17) is 9.47 Å². The van der Waals surface area contributed by atoms with E-state index in [0.717, 1.165) is 41.7 Å². The average Bonchev–Trinajstić information content (AvgIpc) is 2.90. The Morgan fingerprint density at radius 3 is 3.00 bits per heavy atom. The Morgan fingerprint density at radius 2 is 2.37 bits per heavy atom. The summed E-state index contributed by atoms with van der Waals surface area (Å²) in [5.41, 5.74) is 0.909. The van der Waals surface area contributed by atoms with Crippen LogP contribution >= 0.6 is 15.9 Å². The van der Waals surface area contributed by atoms with E-state index < -0.39 is 6.10 Å². The summed E-state index contributed by atoms with van der Waals surface area (Å²) in [6.07, 6.45) is 3.53. The molecular formula is C15H21BrO3. The molecule has 0 bridgehead atoms. The summed E-state index contributed by atoms with van der Waals surface area (Å²) < 4.78 is 12.1. The fraction of sp³-hybridized carbons (Fsp3) is 0.600. The van der Waals surface area contributed by atoms with E-state index in [1.165, 1.54) is 0 Å². The molecule has 0 radical (unpaired) electrons. The summed E-state index contributed by atoms with van der Waals surface area (Å²) in [4.78, 5) is 0. The molecule has 1 heterocycles. The highest BCUT2D eigenvalue weighted by Gasteiger charge is 2.20. The second-order valence-electron chi connectivity index (χ2n) is 4.92. The monoisotopic (exact) mass is 328 g/mol. The van der Waals surface area contributed by atoms with E-state index in [2.05, 4.69) is 22.9 Å². The molecule has 1 fully saturated rings. The SMILES string of the molecule is CCCOc1ccc(C(O)CC2CCCO2)cc1Br. The van der Waals surface area contributed by atoms with Gasteiger partial charge in [-0.25, -0.2) is 0 Å². The zero-order valence-corrected chi connectivity index (χ0v) is 12.9. The molecule has 3 nitrogen and oxygen atoms in total. The van der Waals surface area contributed by atoms with Crippen LogP contribution in [-0.2, 0) is 4.74 Å². The van der Waals surface area contributed by atoms with Gasteiger partial charge in [0.25, 0.3) is 0 Å². The molecule has 0 saturated carbocycles. The van der Waals surface area contributed by atoms with Gasteiger partial charge in [0.2, 0.25) is 0 Å². The number of hydrogen-bond acceptors (Lipinski definition) is 3. The Morgan fingerprint density at radius 1 is 1.53 bits per heavy atom. The summed E-state index contributed by atoms with van der Waals surface area (Å²) in [6.45, 7) is 3.61. The number of rotatable bonds is 6. The van der Waals surface area contributed by atoms with Crippen LogP contribution in [-0.4, -0.2) is 24.4 Å². The molecule has 106 valence electrons. The molecule has 0 spiro atoms. The summed E-state index contributed by atoms with van der Waals surface area (Å²) in [5.74, 6) is 0.829. The first kappa shape index (κ1) is 14.8. The van der Waals surface area contributed by atoms with E-state index in [9.17, 15) is 5.11 Å². The van der Waals surface area contributed by atoms with Crippen molar-refractivity contribution in [1.82, 2.24) is 0 Å². The van der Waals surface area contributed by atoms with Gasteiger partial charge in [-0.15, -0.1) is 0 Å². The zero-order chi connectivity index (χ0) is 13.7. The highest BCUT2D eigenvalue weighted by atomic mass is 79.9. The minimum absolute atomic E-state index is 0.199. The largest absolute Gasteiger partial charge is 0.492 e. The second-order valence-corrected chi connectivity index (χ2v) is 5.78. The van der Waals surface area contributed by atoms with E-state index in [-0.39, 0.29) is 6.10 Å². The van der Waals surface area contributed by atoms with Crippen molar-refractivity contribution in [3.63, 3.8) is 0 Å². The Balaban J connectivity index is 1.97. The first-order valence-electron chi connectivity index (χ1n) is 6.92. The standard InChI is InChI=1S/C15H21BrO3/c1-2-7-19-15-6-5-11(9-13(15)16)14(17)10-12-4-3-8-18-12/h5-6,9,12,14,17H,2-4,7-8,10H2,1H3. The van der Waals surface area contributed by atoms with Crippen LogP contribution in [0.25, 0.3) is 0 Å². The van der Waals surface area contributed by atoms with Gasteiger partial charge in [0.1, 0.15) is 5.75 Å². The highest BCUT2D eigenvalue weighted by molar-refractivity contribution is 9.10. The Bertz CT molecular complexity index is 402. The summed E-state index contributed by atoms with van der Waals surface area (Å²) in [7, 11) is 0. The smallest absolute Gasteiger partial charge is 0.133 e. The van der Waals surface area contributed by atoms with Gasteiger partial charge < -0.3 is 14.6 Å². The maximum atomic E-state index is 10.2. The van der Waals surface area contributed by atoms with Crippen LogP contribution in [0.15, 0.2) is 22.7 Å². The van der Waals surface area contributed by atoms with Crippen LogP contribution in [0, 0.1) is 0 Å². The predicted octanol–water partition coefficient (Wildman–Crippen LogP) is 3.84. The lowest BCUT2D eigenvalue weighted by Gasteiger charge is -2.16. The Kier molecular flexibility index (Phi) is 5.67. The van der Waals surface area contributed by atoms with Crippen molar-refractivity contribution in [1.29, 1.82) is 0 Å². The Hall–Kier alpha value is -0.580. The van der Waals surface area contributed by atoms with Crippen LogP contribution in [0.2, 0.25) is 0 Å². The molecule has 0 amide bonds. The fourth-order valence-corrected chi connectivity index (χ4v) is 2.78. The molecule has 1 aromatic carbocycles. The van der Waals surface area contributed by atoms with Crippen molar-refractivity contribution in [3.05, 3.63) is 28.2 Å². The van der Waals surface area contributed by atoms with Crippen molar-refractivity contribution in [2.75, 3.05) is 13.2 Å². The zero-order valence-electron chi connectivity index (χ0n) is 11.3. The van der Waals surface area contributed by atoms with Crippen molar-refractivity contribution in [3.8, 4) is 5.75 Å². The molecule has 1 aliphatic rings. The van der Waals surface area contributed by atoms with E-state index in [0.29, 0.717) is 13.0 Å². The predicted molar refractivity (Wildman–Crippen MR) is 78.5 cm³/mol. The van der Waals surface area contributed by atoms with E-state index in [1.807, 2.05) is 18.2 Å². The Labute approximate surface area is 123 Å².